The fourth-order valence-corrected chi connectivity index (χ4v) is 2.65. The second kappa shape index (κ2) is 7.88. The summed E-state index contributed by atoms with van der Waals surface area (Å²) < 4.78 is 0. The van der Waals surface area contributed by atoms with E-state index in [9.17, 15) is 9.59 Å². The van der Waals surface area contributed by atoms with Crippen LogP contribution in [0.1, 0.15) is 26.3 Å². The number of halogens is 1. The molecule has 6 nitrogen and oxygen atoms in total. The summed E-state index contributed by atoms with van der Waals surface area (Å²) in [5, 5.41) is 6.03. The normalized spacial score (nSPS) is 10.3. The predicted octanol–water partition coefficient (Wildman–Crippen LogP) is 4.13. The number of carbonyl (C=O) groups is 2. The molecule has 27 heavy (non-hydrogen) atoms. The number of amides is 2. The van der Waals surface area contributed by atoms with Crippen LogP contribution >= 0.6 is 11.6 Å². The van der Waals surface area contributed by atoms with Gasteiger partial charge in [0.1, 0.15) is 5.82 Å². The zero-order chi connectivity index (χ0) is 19.4. The van der Waals surface area contributed by atoms with E-state index in [0.29, 0.717) is 33.3 Å². The van der Waals surface area contributed by atoms with Crippen molar-refractivity contribution in [1.82, 2.24) is 4.98 Å². The van der Waals surface area contributed by atoms with Crippen LogP contribution in [0.5, 0.6) is 0 Å². The molecule has 1 heterocycles. The van der Waals surface area contributed by atoms with E-state index >= 15 is 0 Å². The fourth-order valence-electron chi connectivity index (χ4n) is 2.46. The van der Waals surface area contributed by atoms with Gasteiger partial charge in [0.05, 0.1) is 11.9 Å². The summed E-state index contributed by atoms with van der Waals surface area (Å²) in [4.78, 5) is 29.0. The minimum Gasteiger partial charge on any atom is -0.384 e. The van der Waals surface area contributed by atoms with Crippen molar-refractivity contribution in [3.63, 3.8) is 0 Å². The number of nitrogens with two attached hydrogens (primary N) is 1. The molecule has 0 saturated heterocycles. The summed E-state index contributed by atoms with van der Waals surface area (Å²) in [7, 11) is 0. The van der Waals surface area contributed by atoms with Gasteiger partial charge in [-0.2, -0.15) is 0 Å². The topological polar surface area (TPSA) is 97.1 Å². The predicted molar refractivity (Wildman–Crippen MR) is 107 cm³/mol. The molecule has 0 spiro atoms. The number of hydrogen-bond donors (Lipinski definition) is 3. The quantitative estimate of drug-likeness (QED) is 0.633. The molecular weight excluding hydrogens is 364 g/mol. The van der Waals surface area contributed by atoms with Crippen molar-refractivity contribution in [3.8, 4) is 0 Å². The van der Waals surface area contributed by atoms with Crippen LogP contribution in [-0.2, 0) is 0 Å². The van der Waals surface area contributed by atoms with Gasteiger partial charge in [-0.1, -0.05) is 23.7 Å². The van der Waals surface area contributed by atoms with Crippen LogP contribution in [0.2, 0.25) is 5.02 Å². The van der Waals surface area contributed by atoms with Gasteiger partial charge in [-0.3, -0.25) is 9.59 Å². The maximum Gasteiger partial charge on any atom is 0.255 e. The molecule has 2 amide bonds. The minimum atomic E-state index is -0.337. The lowest BCUT2D eigenvalue weighted by Crippen LogP contribution is -2.17. The Hall–Kier alpha value is -3.38. The SMILES string of the molecule is Cc1ccc(C(=O)Nc2cccc(Cl)c2)cc1C(=O)Nc1ccc(N)nc1. The number of aromatic nitrogens is 1. The highest BCUT2D eigenvalue weighted by atomic mass is 35.5. The summed E-state index contributed by atoms with van der Waals surface area (Å²) in [5.74, 6) is -0.305. The van der Waals surface area contributed by atoms with Crippen LogP contribution in [0.3, 0.4) is 0 Å². The first kappa shape index (κ1) is 18.4. The van der Waals surface area contributed by atoms with Crippen LogP contribution in [0.15, 0.2) is 60.8 Å². The van der Waals surface area contributed by atoms with Gasteiger partial charge in [0, 0.05) is 21.8 Å². The van der Waals surface area contributed by atoms with Gasteiger partial charge in [-0.05, 0) is 55.0 Å². The van der Waals surface area contributed by atoms with Crippen LogP contribution in [0.4, 0.5) is 17.2 Å². The summed E-state index contributed by atoms with van der Waals surface area (Å²) >= 11 is 5.93. The fraction of sp³-hybridized carbons (Fsp3) is 0.0500. The monoisotopic (exact) mass is 380 g/mol. The molecule has 0 fully saturated rings. The van der Waals surface area contributed by atoms with Crippen molar-refractivity contribution in [1.29, 1.82) is 0 Å². The number of nitrogens with one attached hydrogen (secondary N) is 2. The summed E-state index contributed by atoms with van der Waals surface area (Å²) in [6.45, 7) is 1.80. The lowest BCUT2D eigenvalue weighted by atomic mass is 10.0. The number of nitrogens with zero attached hydrogens (tertiary/aromatic N) is 1. The first-order valence-corrected chi connectivity index (χ1v) is 8.50. The Kier molecular flexibility index (Phi) is 5.38. The maximum absolute atomic E-state index is 12.6. The Bertz CT molecular complexity index is 1000. The number of carbonyl (C=O) groups excluding carboxylic acids is 2. The summed E-state index contributed by atoms with van der Waals surface area (Å²) in [5.41, 5.74) is 8.14. The maximum atomic E-state index is 12.6. The number of anilines is 3. The van der Waals surface area contributed by atoms with Gasteiger partial charge in [0.25, 0.3) is 11.8 Å². The lowest BCUT2D eigenvalue weighted by Gasteiger charge is -2.10. The van der Waals surface area contributed by atoms with Crippen LogP contribution in [0, 0.1) is 6.92 Å². The molecule has 3 rings (SSSR count). The molecule has 0 bridgehead atoms. The number of pyridine rings is 1. The molecule has 7 heteroatoms. The largest absolute Gasteiger partial charge is 0.384 e. The van der Waals surface area contributed by atoms with Gasteiger partial charge in [-0.25, -0.2) is 4.98 Å². The lowest BCUT2D eigenvalue weighted by molar-refractivity contribution is 0.102. The number of aryl methyl sites for hydroxylation is 1. The zero-order valence-electron chi connectivity index (χ0n) is 14.5. The molecule has 0 unspecified atom stereocenters. The van der Waals surface area contributed by atoms with E-state index in [1.165, 1.54) is 6.20 Å². The van der Waals surface area contributed by atoms with E-state index in [2.05, 4.69) is 15.6 Å². The van der Waals surface area contributed by atoms with Crippen LogP contribution in [-0.4, -0.2) is 16.8 Å². The van der Waals surface area contributed by atoms with Gasteiger partial charge >= 0.3 is 0 Å². The standard InChI is InChI=1S/C20H17ClN4O2/c1-12-5-6-13(19(26)24-15-4-2-3-14(21)10-15)9-17(12)20(27)25-16-7-8-18(22)23-11-16/h2-11H,1H3,(H2,22,23)(H,24,26)(H,25,27). The highest BCUT2D eigenvalue weighted by Crippen LogP contribution is 2.18. The van der Waals surface area contributed by atoms with Gasteiger partial charge in [0.15, 0.2) is 0 Å². The van der Waals surface area contributed by atoms with Crippen molar-refractivity contribution in [2.24, 2.45) is 0 Å². The summed E-state index contributed by atoms with van der Waals surface area (Å²) in [6.07, 6.45) is 1.47. The average molecular weight is 381 g/mol. The molecular formula is C20H17ClN4O2. The highest BCUT2D eigenvalue weighted by molar-refractivity contribution is 6.31. The van der Waals surface area contributed by atoms with Crippen molar-refractivity contribution >= 4 is 40.6 Å². The molecule has 3 aromatic rings. The third-order valence-electron chi connectivity index (χ3n) is 3.87. The average Bonchev–Trinajstić information content (AvgIpc) is 2.64. The second-order valence-corrected chi connectivity index (χ2v) is 6.36. The minimum absolute atomic E-state index is 0.333. The Morgan fingerprint density at radius 3 is 2.44 bits per heavy atom. The Morgan fingerprint density at radius 2 is 1.74 bits per heavy atom. The van der Waals surface area contributed by atoms with Crippen LogP contribution in [0.25, 0.3) is 0 Å². The molecule has 0 atom stereocenters. The smallest absolute Gasteiger partial charge is 0.255 e. The molecule has 0 radical (unpaired) electrons. The summed E-state index contributed by atoms with van der Waals surface area (Å²) in [6, 6.07) is 15.0. The van der Waals surface area contributed by atoms with Crippen molar-refractivity contribution in [2.45, 2.75) is 6.92 Å². The molecule has 0 aliphatic rings. The van der Waals surface area contributed by atoms with Crippen molar-refractivity contribution in [3.05, 3.63) is 82.5 Å². The van der Waals surface area contributed by atoms with E-state index in [1.54, 1.807) is 61.5 Å². The molecule has 1 aromatic heterocycles. The second-order valence-electron chi connectivity index (χ2n) is 5.92. The molecule has 2 aromatic carbocycles. The number of nitrogen functional groups attached to an aromatic ring is 1. The Balaban J connectivity index is 1.79. The van der Waals surface area contributed by atoms with E-state index < -0.39 is 0 Å². The van der Waals surface area contributed by atoms with Crippen molar-refractivity contribution in [2.75, 3.05) is 16.4 Å². The third-order valence-corrected chi connectivity index (χ3v) is 4.11. The third kappa shape index (κ3) is 4.62. The van der Waals surface area contributed by atoms with Crippen molar-refractivity contribution < 1.29 is 9.59 Å². The van der Waals surface area contributed by atoms with Gasteiger partial charge in [-0.15, -0.1) is 0 Å². The molecule has 0 saturated carbocycles. The molecule has 0 aliphatic heterocycles. The van der Waals surface area contributed by atoms with E-state index in [1.807, 2.05) is 0 Å². The zero-order valence-corrected chi connectivity index (χ0v) is 15.2. The first-order valence-electron chi connectivity index (χ1n) is 8.13. The highest BCUT2D eigenvalue weighted by Gasteiger charge is 2.14. The Labute approximate surface area is 161 Å². The van der Waals surface area contributed by atoms with E-state index in [0.717, 1.165) is 5.56 Å². The van der Waals surface area contributed by atoms with E-state index in [-0.39, 0.29) is 11.8 Å². The molecule has 4 N–H and O–H groups in total. The Morgan fingerprint density at radius 1 is 0.963 bits per heavy atom. The first-order chi connectivity index (χ1) is 12.9. The van der Waals surface area contributed by atoms with Crippen LogP contribution < -0.4 is 16.4 Å². The number of benzene rings is 2. The van der Waals surface area contributed by atoms with Gasteiger partial charge in [0.2, 0.25) is 0 Å². The molecule has 136 valence electrons. The number of rotatable bonds is 4. The molecule has 0 aliphatic carbocycles. The van der Waals surface area contributed by atoms with E-state index in [4.69, 9.17) is 17.3 Å². The number of hydrogen-bond acceptors (Lipinski definition) is 4. The van der Waals surface area contributed by atoms with Gasteiger partial charge < -0.3 is 16.4 Å².